The molecule has 3 heterocycles. The van der Waals surface area contributed by atoms with Crippen LogP contribution in [0.4, 0.5) is 0 Å². The highest BCUT2D eigenvalue weighted by atomic mass is 32.2. The Morgan fingerprint density at radius 1 is 0.900 bits per heavy atom. The van der Waals surface area contributed by atoms with E-state index >= 15 is 0 Å². The quantitative estimate of drug-likeness (QED) is 0.734. The molecule has 9 heteroatoms. The molecule has 2 fully saturated rings. The molecule has 2 amide bonds. The number of carbonyl (C=O) groups excluding carboxylic acids is 2. The Balaban J connectivity index is 1.37. The molecule has 2 aliphatic heterocycles. The van der Waals surface area contributed by atoms with Crippen LogP contribution in [0, 0.1) is 5.92 Å². The van der Waals surface area contributed by atoms with Gasteiger partial charge in [0.1, 0.15) is 0 Å². The number of rotatable bonds is 4. The SMILES string of the molecule is O=C(c1ccco1)N1CCN(C(=O)[C@@H]2CCCN(S(=O)(=O)c3ccccc3)C2)CC1. The number of hydrogen-bond acceptors (Lipinski definition) is 5. The Labute approximate surface area is 176 Å². The minimum absolute atomic E-state index is 0.0342. The normalized spacial score (nSPS) is 20.9. The van der Waals surface area contributed by atoms with E-state index in [2.05, 4.69) is 0 Å². The van der Waals surface area contributed by atoms with Gasteiger partial charge in [-0.05, 0) is 37.1 Å². The van der Waals surface area contributed by atoms with Gasteiger partial charge in [0.15, 0.2) is 5.76 Å². The second kappa shape index (κ2) is 8.61. The lowest BCUT2D eigenvalue weighted by Crippen LogP contribution is -2.54. The van der Waals surface area contributed by atoms with Crippen molar-refractivity contribution >= 4 is 21.8 Å². The van der Waals surface area contributed by atoms with E-state index in [1.54, 1.807) is 52.3 Å². The first-order valence-electron chi connectivity index (χ1n) is 10.1. The third kappa shape index (κ3) is 4.13. The van der Waals surface area contributed by atoms with Crippen molar-refractivity contribution in [3.8, 4) is 0 Å². The van der Waals surface area contributed by atoms with Crippen LogP contribution in [0.15, 0.2) is 58.0 Å². The van der Waals surface area contributed by atoms with E-state index in [4.69, 9.17) is 4.42 Å². The Morgan fingerprint density at radius 2 is 1.60 bits per heavy atom. The third-order valence-electron chi connectivity index (χ3n) is 5.72. The number of hydrogen-bond donors (Lipinski definition) is 0. The van der Waals surface area contributed by atoms with Gasteiger partial charge in [-0.15, -0.1) is 0 Å². The minimum atomic E-state index is -3.61. The molecule has 2 aromatic rings. The average molecular weight is 432 g/mol. The van der Waals surface area contributed by atoms with E-state index in [1.807, 2.05) is 0 Å². The fraction of sp³-hybridized carbons (Fsp3) is 0.429. The molecular formula is C21H25N3O5S. The minimum Gasteiger partial charge on any atom is -0.459 e. The van der Waals surface area contributed by atoms with Gasteiger partial charge in [0, 0.05) is 39.3 Å². The first kappa shape index (κ1) is 20.6. The van der Waals surface area contributed by atoms with Crippen molar-refractivity contribution in [2.24, 2.45) is 5.92 Å². The number of nitrogens with zero attached hydrogens (tertiary/aromatic N) is 3. The molecule has 0 bridgehead atoms. The second-order valence-corrected chi connectivity index (χ2v) is 9.55. The zero-order chi connectivity index (χ0) is 21.1. The van der Waals surface area contributed by atoms with Gasteiger partial charge in [-0.2, -0.15) is 4.31 Å². The number of piperidine rings is 1. The summed E-state index contributed by atoms with van der Waals surface area (Å²) in [4.78, 5) is 29.1. The molecule has 0 spiro atoms. The molecule has 0 aliphatic carbocycles. The second-order valence-electron chi connectivity index (χ2n) is 7.61. The lowest BCUT2D eigenvalue weighted by atomic mass is 9.97. The summed E-state index contributed by atoms with van der Waals surface area (Å²) in [5.41, 5.74) is 0. The summed E-state index contributed by atoms with van der Waals surface area (Å²) in [7, 11) is -3.61. The number of furan rings is 1. The van der Waals surface area contributed by atoms with Gasteiger partial charge < -0.3 is 14.2 Å². The van der Waals surface area contributed by atoms with E-state index < -0.39 is 10.0 Å². The van der Waals surface area contributed by atoms with Crippen molar-refractivity contribution in [1.82, 2.24) is 14.1 Å². The van der Waals surface area contributed by atoms with Crippen LogP contribution < -0.4 is 0 Å². The smallest absolute Gasteiger partial charge is 0.289 e. The molecule has 0 saturated carbocycles. The highest BCUT2D eigenvalue weighted by Gasteiger charge is 2.36. The summed E-state index contributed by atoms with van der Waals surface area (Å²) < 4.78 is 32.4. The van der Waals surface area contributed by atoms with Crippen LogP contribution in [-0.2, 0) is 14.8 Å². The summed E-state index contributed by atoms with van der Waals surface area (Å²) in [5, 5.41) is 0. The van der Waals surface area contributed by atoms with Gasteiger partial charge in [-0.1, -0.05) is 18.2 Å². The molecule has 0 radical (unpaired) electrons. The predicted molar refractivity (Wildman–Crippen MR) is 109 cm³/mol. The van der Waals surface area contributed by atoms with Gasteiger partial charge in [0.2, 0.25) is 15.9 Å². The van der Waals surface area contributed by atoms with Crippen molar-refractivity contribution in [1.29, 1.82) is 0 Å². The van der Waals surface area contributed by atoms with Gasteiger partial charge in [-0.25, -0.2) is 8.42 Å². The third-order valence-corrected chi connectivity index (χ3v) is 7.60. The number of carbonyl (C=O) groups is 2. The van der Waals surface area contributed by atoms with Crippen molar-refractivity contribution < 1.29 is 22.4 Å². The van der Waals surface area contributed by atoms with Crippen molar-refractivity contribution in [2.45, 2.75) is 17.7 Å². The van der Waals surface area contributed by atoms with Crippen molar-refractivity contribution in [3.63, 3.8) is 0 Å². The molecule has 8 nitrogen and oxygen atoms in total. The number of piperazine rings is 1. The highest BCUT2D eigenvalue weighted by Crippen LogP contribution is 2.25. The molecule has 2 saturated heterocycles. The van der Waals surface area contributed by atoms with Crippen molar-refractivity contribution in [3.05, 3.63) is 54.5 Å². The number of benzene rings is 1. The molecule has 0 unspecified atom stereocenters. The van der Waals surface area contributed by atoms with E-state index in [0.717, 1.165) is 0 Å². The molecule has 1 aromatic heterocycles. The highest BCUT2D eigenvalue weighted by molar-refractivity contribution is 7.89. The largest absolute Gasteiger partial charge is 0.459 e. The molecule has 30 heavy (non-hydrogen) atoms. The lowest BCUT2D eigenvalue weighted by Gasteiger charge is -2.38. The number of amides is 2. The molecule has 1 aromatic carbocycles. The number of sulfonamides is 1. The molecular weight excluding hydrogens is 406 g/mol. The first-order valence-corrected chi connectivity index (χ1v) is 11.6. The van der Waals surface area contributed by atoms with E-state index in [9.17, 15) is 18.0 Å². The summed E-state index contributed by atoms with van der Waals surface area (Å²) >= 11 is 0. The topological polar surface area (TPSA) is 91.1 Å². The van der Waals surface area contributed by atoms with Gasteiger partial charge in [-0.3, -0.25) is 9.59 Å². The molecule has 4 rings (SSSR count). The molecule has 1 atom stereocenters. The summed E-state index contributed by atoms with van der Waals surface area (Å²) in [6, 6.07) is 11.6. The van der Waals surface area contributed by atoms with Crippen LogP contribution in [0.25, 0.3) is 0 Å². The van der Waals surface area contributed by atoms with Crippen LogP contribution >= 0.6 is 0 Å². The maximum Gasteiger partial charge on any atom is 0.289 e. The molecule has 2 aliphatic rings. The van der Waals surface area contributed by atoms with Gasteiger partial charge >= 0.3 is 0 Å². The average Bonchev–Trinajstić information content (AvgIpc) is 3.34. The van der Waals surface area contributed by atoms with Crippen LogP contribution in [0.3, 0.4) is 0 Å². The summed E-state index contributed by atoms with van der Waals surface area (Å²) in [6.45, 7) is 2.36. The van der Waals surface area contributed by atoms with Gasteiger partial charge in [0.05, 0.1) is 17.1 Å². The summed E-state index contributed by atoms with van der Waals surface area (Å²) in [5.74, 6) is -0.272. The lowest BCUT2D eigenvalue weighted by molar-refractivity contribution is -0.138. The zero-order valence-corrected chi connectivity index (χ0v) is 17.5. The van der Waals surface area contributed by atoms with Gasteiger partial charge in [0.25, 0.3) is 5.91 Å². The molecule has 0 N–H and O–H groups in total. The van der Waals surface area contributed by atoms with Crippen LogP contribution in [0.5, 0.6) is 0 Å². The predicted octanol–water partition coefficient (Wildman–Crippen LogP) is 1.66. The Kier molecular flexibility index (Phi) is 5.92. The Morgan fingerprint density at radius 3 is 2.27 bits per heavy atom. The first-order chi connectivity index (χ1) is 14.5. The van der Waals surface area contributed by atoms with E-state index in [-0.39, 0.29) is 29.2 Å². The maximum absolute atomic E-state index is 13.0. The fourth-order valence-corrected chi connectivity index (χ4v) is 5.59. The zero-order valence-electron chi connectivity index (χ0n) is 16.6. The maximum atomic E-state index is 13.0. The fourth-order valence-electron chi connectivity index (χ4n) is 4.05. The van der Waals surface area contributed by atoms with Crippen LogP contribution in [-0.4, -0.2) is 73.6 Å². The van der Waals surface area contributed by atoms with Crippen LogP contribution in [0.2, 0.25) is 0 Å². The molecule has 160 valence electrons. The standard InChI is InChI=1S/C21H25N3O5S/c25-20(22-11-13-23(14-12-22)21(26)19-9-5-15-29-19)17-6-4-10-24(16-17)30(27,28)18-7-2-1-3-8-18/h1-3,5,7-9,15,17H,4,6,10-14,16H2/t17-/m1/s1. The van der Waals surface area contributed by atoms with E-state index in [0.29, 0.717) is 51.3 Å². The van der Waals surface area contributed by atoms with Crippen molar-refractivity contribution in [2.75, 3.05) is 39.3 Å². The van der Waals surface area contributed by atoms with Crippen LogP contribution in [0.1, 0.15) is 23.4 Å². The monoisotopic (exact) mass is 431 g/mol. The Bertz CT molecular complexity index is 983. The van der Waals surface area contributed by atoms with E-state index in [1.165, 1.54) is 10.6 Å². The Hall–Kier alpha value is -2.65. The summed E-state index contributed by atoms with van der Waals surface area (Å²) in [6.07, 6.45) is 2.79.